The predicted molar refractivity (Wildman–Crippen MR) is 153 cm³/mol. The number of hydrogen-bond acceptors (Lipinski definition) is 5. The van der Waals surface area contributed by atoms with Gasteiger partial charge in [-0.05, 0) is 49.3 Å². The van der Waals surface area contributed by atoms with Crippen molar-refractivity contribution in [3.8, 4) is 5.75 Å². The number of alkyl halides is 2. The number of hydrogen-bond donors (Lipinski definition) is 1. The number of carbonyl (C=O) groups excluding carboxylic acids is 4. The summed E-state index contributed by atoms with van der Waals surface area (Å²) in [5, 5.41) is 9.89. The fourth-order valence-corrected chi connectivity index (χ4v) is 9.30. The van der Waals surface area contributed by atoms with E-state index in [0.29, 0.717) is 12.8 Å². The number of phenolic OH excluding ortho intramolecular Hbond substituents is 1. The van der Waals surface area contributed by atoms with Crippen LogP contribution in [0.2, 0.25) is 0 Å². The second kappa shape index (κ2) is 10.7. The molecule has 4 amide bonds. The van der Waals surface area contributed by atoms with Crippen LogP contribution in [-0.4, -0.2) is 49.4 Å². The summed E-state index contributed by atoms with van der Waals surface area (Å²) < 4.78 is 87.6. The molecule has 5 aliphatic rings. The molecule has 15 heteroatoms. The van der Waals surface area contributed by atoms with Gasteiger partial charge in [0.1, 0.15) is 5.69 Å². The average Bonchev–Trinajstić information content (AvgIpc) is 3.39. The highest BCUT2D eigenvalue weighted by Gasteiger charge is 2.77. The molecule has 0 spiro atoms. The minimum absolute atomic E-state index is 0.00684. The van der Waals surface area contributed by atoms with Gasteiger partial charge in [0, 0.05) is 12.0 Å². The molecule has 7 rings (SSSR count). The number of anilines is 1. The minimum Gasteiger partial charge on any atom is -0.505 e. The van der Waals surface area contributed by atoms with E-state index in [9.17, 15) is 41.8 Å². The maximum Gasteiger partial charge on any atom is 0.258 e. The quantitative estimate of drug-likeness (QED) is 0.104. The molecule has 7 nitrogen and oxygen atoms in total. The number of imide groups is 2. The van der Waals surface area contributed by atoms with Crippen molar-refractivity contribution in [2.45, 2.75) is 66.7 Å². The van der Waals surface area contributed by atoms with Crippen LogP contribution < -0.4 is 4.90 Å². The van der Waals surface area contributed by atoms with Crippen molar-refractivity contribution in [2.24, 2.45) is 17.8 Å². The van der Waals surface area contributed by atoms with Crippen LogP contribution in [0.25, 0.3) is 0 Å². The van der Waals surface area contributed by atoms with Crippen LogP contribution in [0.1, 0.15) is 56.4 Å². The van der Waals surface area contributed by atoms with Crippen LogP contribution in [0.3, 0.4) is 0 Å². The number of rotatable bonds is 3. The van der Waals surface area contributed by atoms with E-state index in [4.69, 9.17) is 23.2 Å². The molecule has 248 valence electrons. The number of halogens is 8. The van der Waals surface area contributed by atoms with Gasteiger partial charge in [0.15, 0.2) is 44.6 Å². The zero-order valence-electron chi connectivity index (χ0n) is 24.1. The summed E-state index contributed by atoms with van der Waals surface area (Å²) in [6, 6.07) is 2.54. The molecular weight excluding hydrogens is 677 g/mol. The van der Waals surface area contributed by atoms with E-state index in [0.717, 1.165) is 37.5 Å². The highest BCUT2D eigenvalue weighted by molar-refractivity contribution is 6.58. The van der Waals surface area contributed by atoms with Gasteiger partial charge in [-0.3, -0.25) is 24.1 Å². The van der Waals surface area contributed by atoms with Crippen LogP contribution in [-0.2, 0) is 19.2 Å². The van der Waals surface area contributed by atoms with Crippen molar-refractivity contribution >= 4 is 52.5 Å². The second-order valence-electron chi connectivity index (χ2n) is 12.7. The van der Waals surface area contributed by atoms with Gasteiger partial charge in [-0.25, -0.2) is 31.2 Å². The monoisotopic (exact) mass is 700 g/mol. The summed E-state index contributed by atoms with van der Waals surface area (Å²) in [6.07, 6.45) is 4.65. The number of carbonyl (C=O) groups is 4. The van der Waals surface area contributed by atoms with E-state index in [-0.39, 0.29) is 28.5 Å². The topological polar surface area (TPSA) is 95.0 Å². The Balaban J connectivity index is 1.42. The van der Waals surface area contributed by atoms with Gasteiger partial charge < -0.3 is 5.11 Å². The van der Waals surface area contributed by atoms with Crippen molar-refractivity contribution < 1.29 is 50.6 Å². The van der Waals surface area contributed by atoms with Gasteiger partial charge in [-0.15, -0.1) is 23.2 Å². The molecule has 0 unspecified atom stereocenters. The zero-order valence-corrected chi connectivity index (χ0v) is 25.7. The molecule has 4 fully saturated rings. The van der Waals surface area contributed by atoms with Crippen LogP contribution in [0.5, 0.6) is 5.75 Å². The first-order chi connectivity index (χ1) is 22.2. The van der Waals surface area contributed by atoms with Gasteiger partial charge in [-0.1, -0.05) is 37.0 Å². The lowest BCUT2D eigenvalue weighted by atomic mass is 9.56. The molecular formula is C32H24Cl2F6N2O5. The minimum atomic E-state index is -2.76. The van der Waals surface area contributed by atoms with Crippen LogP contribution in [0, 0.1) is 52.7 Å². The Kier molecular flexibility index (Phi) is 7.29. The molecule has 2 aromatic rings. The van der Waals surface area contributed by atoms with Gasteiger partial charge in [0.2, 0.25) is 17.6 Å². The van der Waals surface area contributed by atoms with Crippen molar-refractivity contribution in [3.63, 3.8) is 0 Å². The van der Waals surface area contributed by atoms with Crippen molar-refractivity contribution in [1.82, 2.24) is 4.90 Å². The number of aromatic hydroxyl groups is 1. The molecule has 2 saturated heterocycles. The first kappa shape index (κ1) is 32.0. The number of nitrogens with zero attached hydrogens (tertiary/aromatic N) is 2. The second-order valence-corrected chi connectivity index (χ2v) is 14.0. The summed E-state index contributed by atoms with van der Waals surface area (Å²) >= 11 is 14.0. The number of likely N-dealkylation sites (tertiary alicyclic amines) is 1. The first-order valence-corrected chi connectivity index (χ1v) is 15.8. The fourth-order valence-electron chi connectivity index (χ4n) is 8.37. The van der Waals surface area contributed by atoms with E-state index in [2.05, 4.69) is 0 Å². The highest BCUT2D eigenvalue weighted by Crippen LogP contribution is 2.66. The Morgan fingerprint density at radius 2 is 1.40 bits per heavy atom. The number of fused-ring (bicyclic) bond motifs is 4. The van der Waals surface area contributed by atoms with E-state index >= 15 is 8.78 Å². The maximum absolute atomic E-state index is 15.1. The average molecular weight is 701 g/mol. The molecule has 0 aromatic heterocycles. The number of benzene rings is 2. The summed E-state index contributed by atoms with van der Waals surface area (Å²) in [7, 11) is 0. The van der Waals surface area contributed by atoms with E-state index in [1.807, 2.05) is 0 Å². The molecule has 2 heterocycles. The molecule has 2 aliphatic heterocycles. The van der Waals surface area contributed by atoms with Gasteiger partial charge in [0.25, 0.3) is 11.8 Å². The third-order valence-electron chi connectivity index (χ3n) is 10.5. The maximum atomic E-state index is 15.1. The molecule has 2 saturated carbocycles. The lowest BCUT2D eigenvalue weighted by Crippen LogP contribution is -2.60. The van der Waals surface area contributed by atoms with Gasteiger partial charge >= 0.3 is 0 Å². The number of phenols is 1. The van der Waals surface area contributed by atoms with E-state index in [1.54, 1.807) is 0 Å². The van der Waals surface area contributed by atoms with E-state index in [1.165, 1.54) is 11.0 Å². The number of allylic oxidation sites excluding steroid dienone is 2. The molecule has 2 aromatic carbocycles. The zero-order chi connectivity index (χ0) is 33.9. The Morgan fingerprint density at radius 3 is 2.02 bits per heavy atom. The Morgan fingerprint density at radius 1 is 0.787 bits per heavy atom. The molecule has 47 heavy (non-hydrogen) atoms. The summed E-state index contributed by atoms with van der Waals surface area (Å²) in [5.74, 6) is -23.3. The molecule has 1 N–H and O–H groups in total. The summed E-state index contributed by atoms with van der Waals surface area (Å²) in [5.41, 5.74) is -1.84. The SMILES string of the molecule is O=C1[C@H]2[C@H](CC=C3[C@H]2C[C@@]2(Cl)C(=O)N(c4c(F)c(F)c(F)c(F)c4F)C(=O)[C@@]2(Cl)[C@H]3c2ccc(O)c(F)c2)C(=O)N1C1CCCCC1. The van der Waals surface area contributed by atoms with E-state index < -0.39 is 110 Å². The van der Waals surface area contributed by atoms with Crippen LogP contribution in [0.15, 0.2) is 29.8 Å². The predicted octanol–water partition coefficient (Wildman–Crippen LogP) is 6.12. The van der Waals surface area contributed by atoms with Gasteiger partial charge in [0.05, 0.1) is 11.8 Å². The first-order valence-electron chi connectivity index (χ1n) is 15.0. The third-order valence-corrected chi connectivity index (χ3v) is 11.9. The lowest BCUT2D eigenvalue weighted by molar-refractivity contribution is -0.143. The van der Waals surface area contributed by atoms with Crippen molar-refractivity contribution in [3.05, 3.63) is 70.3 Å². The Bertz CT molecular complexity index is 1810. The third kappa shape index (κ3) is 4.07. The highest BCUT2D eigenvalue weighted by atomic mass is 35.5. The molecule has 0 radical (unpaired) electrons. The Labute approximate surface area is 273 Å². The lowest BCUT2D eigenvalue weighted by Gasteiger charge is -2.50. The van der Waals surface area contributed by atoms with Gasteiger partial charge in [-0.2, -0.15) is 0 Å². The summed E-state index contributed by atoms with van der Waals surface area (Å²) in [6.45, 7) is 0. The fraction of sp³-hybridized carbons (Fsp3) is 0.438. The smallest absolute Gasteiger partial charge is 0.258 e. The number of amides is 4. The molecule has 0 bridgehead atoms. The molecule has 3 aliphatic carbocycles. The van der Waals surface area contributed by atoms with Crippen molar-refractivity contribution in [1.29, 1.82) is 0 Å². The largest absolute Gasteiger partial charge is 0.505 e. The summed E-state index contributed by atoms with van der Waals surface area (Å²) in [4.78, 5) is 51.6. The standard InChI is InChI=1S/C32H24Cl2F6N2O5/c33-31-11-16-14(7-8-15-19(16)28(45)41(27(15)44)13-4-2-1-3-5-13)20(12-6-9-18(43)17(35)10-12)32(31,34)30(47)42(29(31)46)26-24(39)22(37)21(36)23(38)25(26)40/h6-7,9-10,13,15-16,19-20,43H,1-5,8,11H2/t15-,16+,19-,20-,31+,32-/m0/s1. The molecule has 6 atom stereocenters. The van der Waals surface area contributed by atoms with Crippen LogP contribution in [0.4, 0.5) is 32.0 Å². The normalized spacial score (nSPS) is 32.5. The van der Waals surface area contributed by atoms with Crippen LogP contribution >= 0.6 is 23.2 Å². The Hall–Kier alpha value is -3.58. The van der Waals surface area contributed by atoms with Crippen molar-refractivity contribution in [2.75, 3.05) is 4.90 Å².